The summed E-state index contributed by atoms with van der Waals surface area (Å²) in [5.41, 5.74) is 5.93. The van der Waals surface area contributed by atoms with Crippen molar-refractivity contribution in [3.63, 3.8) is 0 Å². The molecule has 18 heavy (non-hydrogen) atoms. The van der Waals surface area contributed by atoms with Gasteiger partial charge in [0, 0.05) is 17.3 Å². The van der Waals surface area contributed by atoms with Crippen molar-refractivity contribution in [3.8, 4) is 5.75 Å². The number of thiazole rings is 1. The SMILES string of the molecule is COc1ccc(N)cc1S(=O)(=O)Nc1nccs1. The molecule has 0 saturated carbocycles. The molecule has 0 spiro atoms. The van der Waals surface area contributed by atoms with E-state index in [0.29, 0.717) is 10.8 Å². The van der Waals surface area contributed by atoms with Gasteiger partial charge in [0.15, 0.2) is 5.13 Å². The Kier molecular flexibility index (Phi) is 3.39. The van der Waals surface area contributed by atoms with Gasteiger partial charge < -0.3 is 10.5 Å². The number of nitrogens with one attached hydrogen (secondary N) is 1. The molecule has 0 unspecified atom stereocenters. The van der Waals surface area contributed by atoms with Crippen LogP contribution in [0.25, 0.3) is 0 Å². The van der Waals surface area contributed by atoms with Gasteiger partial charge >= 0.3 is 0 Å². The van der Waals surface area contributed by atoms with Gasteiger partial charge in [0.05, 0.1) is 7.11 Å². The summed E-state index contributed by atoms with van der Waals surface area (Å²) >= 11 is 1.19. The highest BCUT2D eigenvalue weighted by Crippen LogP contribution is 2.28. The Morgan fingerprint density at radius 2 is 2.22 bits per heavy atom. The second kappa shape index (κ2) is 4.83. The molecule has 3 N–H and O–H groups in total. The van der Waals surface area contributed by atoms with Crippen LogP contribution in [-0.4, -0.2) is 20.5 Å². The van der Waals surface area contributed by atoms with E-state index in [-0.39, 0.29) is 10.6 Å². The Hall–Kier alpha value is -1.80. The lowest BCUT2D eigenvalue weighted by Gasteiger charge is -2.10. The molecule has 6 nitrogen and oxygen atoms in total. The van der Waals surface area contributed by atoms with Crippen LogP contribution in [0.2, 0.25) is 0 Å². The van der Waals surface area contributed by atoms with Crippen molar-refractivity contribution < 1.29 is 13.2 Å². The Labute approximate surface area is 108 Å². The standard InChI is InChI=1S/C10H11N3O3S2/c1-16-8-3-2-7(11)6-9(8)18(14,15)13-10-12-4-5-17-10/h2-6H,11H2,1H3,(H,12,13). The first-order chi connectivity index (χ1) is 8.53. The minimum absolute atomic E-state index is 0.0137. The van der Waals surface area contributed by atoms with Crippen LogP contribution in [0.15, 0.2) is 34.7 Å². The molecule has 8 heteroatoms. The van der Waals surface area contributed by atoms with Crippen LogP contribution < -0.4 is 15.2 Å². The smallest absolute Gasteiger partial charge is 0.267 e. The lowest BCUT2D eigenvalue weighted by molar-refractivity contribution is 0.403. The van der Waals surface area contributed by atoms with Crippen molar-refractivity contribution in [2.45, 2.75) is 4.90 Å². The van der Waals surface area contributed by atoms with E-state index in [1.54, 1.807) is 11.4 Å². The van der Waals surface area contributed by atoms with Gasteiger partial charge in [-0.05, 0) is 18.2 Å². The third-order valence-corrected chi connectivity index (χ3v) is 4.31. The molecule has 0 fully saturated rings. The molecule has 0 aliphatic heterocycles. The summed E-state index contributed by atoms with van der Waals surface area (Å²) in [5, 5.41) is 1.97. The molecule has 1 heterocycles. The average Bonchev–Trinajstić information content (AvgIpc) is 2.81. The van der Waals surface area contributed by atoms with E-state index in [1.807, 2.05) is 0 Å². The van der Waals surface area contributed by atoms with Crippen molar-refractivity contribution in [1.29, 1.82) is 0 Å². The highest BCUT2D eigenvalue weighted by molar-refractivity contribution is 7.93. The maximum absolute atomic E-state index is 12.2. The van der Waals surface area contributed by atoms with Crippen LogP contribution in [0.5, 0.6) is 5.75 Å². The molecular weight excluding hydrogens is 274 g/mol. The van der Waals surface area contributed by atoms with E-state index < -0.39 is 10.0 Å². The predicted molar refractivity (Wildman–Crippen MR) is 70.3 cm³/mol. The second-order valence-corrected chi connectivity index (χ2v) is 5.90. The molecule has 0 bridgehead atoms. The maximum Gasteiger partial charge on any atom is 0.267 e. The van der Waals surface area contributed by atoms with Crippen LogP contribution in [0.3, 0.4) is 0 Å². The number of nitrogen functional groups attached to an aromatic ring is 1. The van der Waals surface area contributed by atoms with Crippen molar-refractivity contribution in [2.75, 3.05) is 17.6 Å². The number of nitrogens with two attached hydrogens (primary N) is 1. The molecule has 0 aliphatic rings. The Morgan fingerprint density at radius 3 is 2.83 bits per heavy atom. The number of methoxy groups -OCH3 is 1. The number of nitrogens with zero attached hydrogens (tertiary/aromatic N) is 1. The maximum atomic E-state index is 12.2. The highest BCUT2D eigenvalue weighted by Gasteiger charge is 2.20. The number of hydrogen-bond donors (Lipinski definition) is 2. The number of sulfonamides is 1. The highest BCUT2D eigenvalue weighted by atomic mass is 32.2. The van der Waals surface area contributed by atoms with Gasteiger partial charge in [0.1, 0.15) is 10.6 Å². The second-order valence-electron chi connectivity index (χ2n) is 3.35. The molecule has 0 radical (unpaired) electrons. The van der Waals surface area contributed by atoms with Crippen LogP contribution >= 0.6 is 11.3 Å². The lowest BCUT2D eigenvalue weighted by atomic mass is 10.3. The summed E-state index contributed by atoms with van der Waals surface area (Å²) in [4.78, 5) is 3.85. The average molecular weight is 285 g/mol. The fourth-order valence-corrected chi connectivity index (χ4v) is 3.34. The Bertz CT molecular complexity index is 638. The van der Waals surface area contributed by atoms with Gasteiger partial charge in [-0.15, -0.1) is 11.3 Å². The van der Waals surface area contributed by atoms with Gasteiger partial charge in [-0.1, -0.05) is 0 Å². The first kappa shape index (κ1) is 12.7. The summed E-state index contributed by atoms with van der Waals surface area (Å²) in [6.45, 7) is 0. The predicted octanol–water partition coefficient (Wildman–Crippen LogP) is 1.53. The summed E-state index contributed by atoms with van der Waals surface area (Å²) < 4.78 is 31.7. The van der Waals surface area contributed by atoms with Gasteiger partial charge in [-0.25, -0.2) is 13.4 Å². The number of anilines is 2. The van der Waals surface area contributed by atoms with Gasteiger partial charge in [0.2, 0.25) is 0 Å². The summed E-state index contributed by atoms with van der Waals surface area (Å²) in [6.07, 6.45) is 1.51. The van der Waals surface area contributed by atoms with Crippen LogP contribution in [0.4, 0.5) is 10.8 Å². The van der Waals surface area contributed by atoms with Crippen molar-refractivity contribution in [2.24, 2.45) is 0 Å². The third-order valence-electron chi connectivity index (χ3n) is 2.13. The molecule has 2 rings (SSSR count). The Balaban J connectivity index is 2.43. The van der Waals surface area contributed by atoms with Gasteiger partial charge in [-0.2, -0.15) is 0 Å². The third kappa shape index (κ3) is 2.54. The number of benzene rings is 1. The van der Waals surface area contributed by atoms with E-state index in [0.717, 1.165) is 0 Å². The van der Waals surface area contributed by atoms with E-state index in [1.165, 1.54) is 36.8 Å². The monoisotopic (exact) mass is 285 g/mol. The number of hydrogen-bond acceptors (Lipinski definition) is 6. The first-order valence-corrected chi connectivity index (χ1v) is 7.25. The molecule has 0 atom stereocenters. The van der Waals surface area contributed by atoms with Crippen LogP contribution in [0, 0.1) is 0 Å². The minimum atomic E-state index is -3.76. The zero-order chi connectivity index (χ0) is 13.2. The van der Waals surface area contributed by atoms with Crippen molar-refractivity contribution in [1.82, 2.24) is 4.98 Å². The number of ether oxygens (including phenoxy) is 1. The molecule has 0 aliphatic carbocycles. The number of aromatic nitrogens is 1. The zero-order valence-electron chi connectivity index (χ0n) is 9.45. The van der Waals surface area contributed by atoms with Crippen LogP contribution in [-0.2, 0) is 10.0 Å². The van der Waals surface area contributed by atoms with E-state index in [2.05, 4.69) is 9.71 Å². The first-order valence-electron chi connectivity index (χ1n) is 4.89. The van der Waals surface area contributed by atoms with Crippen molar-refractivity contribution in [3.05, 3.63) is 29.8 Å². The van der Waals surface area contributed by atoms with Crippen molar-refractivity contribution >= 4 is 32.2 Å². The lowest BCUT2D eigenvalue weighted by Crippen LogP contribution is -2.14. The van der Waals surface area contributed by atoms with Gasteiger partial charge in [0.25, 0.3) is 10.0 Å². The minimum Gasteiger partial charge on any atom is -0.495 e. The fourth-order valence-electron chi connectivity index (χ4n) is 1.35. The number of rotatable bonds is 4. The fraction of sp³-hybridized carbons (Fsp3) is 0.100. The summed E-state index contributed by atoms with van der Waals surface area (Å²) in [5.74, 6) is 0.230. The topological polar surface area (TPSA) is 94.3 Å². The molecule has 1 aromatic heterocycles. The molecule has 96 valence electrons. The van der Waals surface area contributed by atoms with E-state index in [4.69, 9.17) is 10.5 Å². The van der Waals surface area contributed by atoms with Crippen LogP contribution in [0.1, 0.15) is 0 Å². The summed E-state index contributed by atoms with van der Waals surface area (Å²) in [7, 11) is -2.36. The zero-order valence-corrected chi connectivity index (χ0v) is 11.1. The Morgan fingerprint density at radius 1 is 1.44 bits per heavy atom. The van der Waals surface area contributed by atoms with Gasteiger partial charge in [-0.3, -0.25) is 4.72 Å². The van der Waals surface area contributed by atoms with E-state index in [9.17, 15) is 8.42 Å². The normalized spacial score (nSPS) is 11.2. The largest absolute Gasteiger partial charge is 0.495 e. The quantitative estimate of drug-likeness (QED) is 0.831. The molecule has 1 aromatic carbocycles. The molecule has 0 saturated heterocycles. The summed E-state index contributed by atoms with van der Waals surface area (Å²) in [6, 6.07) is 4.42. The molecule has 2 aromatic rings. The molecular formula is C10H11N3O3S2. The molecule has 0 amide bonds. The van der Waals surface area contributed by atoms with E-state index >= 15 is 0 Å².